The number of H-pyrrole nitrogens is 2. The number of benzene rings is 1. The normalized spacial score (nSPS) is 11.0. The van der Waals surface area contributed by atoms with Crippen LogP contribution in [0.25, 0.3) is 22.6 Å². The van der Waals surface area contributed by atoms with Crippen LogP contribution in [0, 0.1) is 0 Å². The predicted molar refractivity (Wildman–Crippen MR) is 72.2 cm³/mol. The molecule has 0 aliphatic heterocycles. The standard InChI is InChI=1S/C12H12N6O/c13-5-6-1-3-7(4-2-6)9-15-8-10(16-9)17-12(14)18-11(8)19/h1-4H,5,13H2,(H4,14,15,16,17,18,19). The van der Waals surface area contributed by atoms with Gasteiger partial charge in [-0.05, 0) is 5.56 Å². The van der Waals surface area contributed by atoms with Gasteiger partial charge in [0.25, 0.3) is 5.56 Å². The quantitative estimate of drug-likeness (QED) is 0.526. The summed E-state index contributed by atoms with van der Waals surface area (Å²) in [6, 6.07) is 7.60. The molecule has 0 atom stereocenters. The van der Waals surface area contributed by atoms with E-state index in [0.717, 1.165) is 11.1 Å². The maximum Gasteiger partial charge on any atom is 0.278 e. The molecule has 3 aromatic rings. The first-order valence-electron chi connectivity index (χ1n) is 5.72. The summed E-state index contributed by atoms with van der Waals surface area (Å²) in [6.45, 7) is 0.484. The van der Waals surface area contributed by atoms with Crippen LogP contribution in [-0.2, 0) is 6.54 Å². The Morgan fingerprint density at radius 1 is 1.11 bits per heavy atom. The number of hydrogen-bond acceptors (Lipinski definition) is 5. The van der Waals surface area contributed by atoms with E-state index in [1.165, 1.54) is 0 Å². The van der Waals surface area contributed by atoms with Crippen LogP contribution in [0.5, 0.6) is 0 Å². The molecular weight excluding hydrogens is 244 g/mol. The van der Waals surface area contributed by atoms with E-state index in [0.29, 0.717) is 23.5 Å². The monoisotopic (exact) mass is 256 g/mol. The van der Waals surface area contributed by atoms with E-state index >= 15 is 0 Å². The number of imidazole rings is 1. The second-order valence-electron chi connectivity index (χ2n) is 4.14. The lowest BCUT2D eigenvalue weighted by atomic mass is 10.1. The van der Waals surface area contributed by atoms with Crippen LogP contribution < -0.4 is 17.0 Å². The third-order valence-corrected chi connectivity index (χ3v) is 2.84. The number of aromatic amines is 2. The molecule has 2 aromatic heterocycles. The zero-order valence-electron chi connectivity index (χ0n) is 9.97. The summed E-state index contributed by atoms with van der Waals surface area (Å²) in [7, 11) is 0. The zero-order valence-corrected chi connectivity index (χ0v) is 9.97. The molecule has 3 rings (SSSR count). The van der Waals surface area contributed by atoms with Gasteiger partial charge >= 0.3 is 0 Å². The summed E-state index contributed by atoms with van der Waals surface area (Å²) in [5, 5.41) is 0. The fourth-order valence-corrected chi connectivity index (χ4v) is 1.86. The largest absolute Gasteiger partial charge is 0.369 e. The summed E-state index contributed by atoms with van der Waals surface area (Å²) in [6.07, 6.45) is 0. The van der Waals surface area contributed by atoms with Crippen molar-refractivity contribution < 1.29 is 0 Å². The van der Waals surface area contributed by atoms with Gasteiger partial charge in [-0.1, -0.05) is 24.3 Å². The minimum absolute atomic E-state index is 0.0500. The van der Waals surface area contributed by atoms with E-state index in [-0.39, 0.29) is 11.5 Å². The molecule has 96 valence electrons. The topological polar surface area (TPSA) is 126 Å². The SMILES string of the molecule is NCc1ccc(-c2nc3nc(N)[nH]c(=O)c3[nH]2)cc1. The highest BCUT2D eigenvalue weighted by molar-refractivity contribution is 5.75. The molecule has 6 N–H and O–H groups in total. The lowest BCUT2D eigenvalue weighted by Crippen LogP contribution is -2.10. The zero-order chi connectivity index (χ0) is 13.4. The third kappa shape index (κ3) is 1.95. The lowest BCUT2D eigenvalue weighted by Gasteiger charge is -1.98. The van der Waals surface area contributed by atoms with E-state index in [1.807, 2.05) is 24.3 Å². The third-order valence-electron chi connectivity index (χ3n) is 2.84. The summed E-state index contributed by atoms with van der Waals surface area (Å²) in [5.74, 6) is 0.621. The first kappa shape index (κ1) is 11.4. The predicted octanol–water partition coefficient (Wildman–Crippen LogP) is 0.354. The van der Waals surface area contributed by atoms with Crippen molar-refractivity contribution in [3.63, 3.8) is 0 Å². The van der Waals surface area contributed by atoms with Gasteiger partial charge < -0.3 is 16.5 Å². The molecule has 0 bridgehead atoms. The van der Waals surface area contributed by atoms with Crippen molar-refractivity contribution in [3.8, 4) is 11.4 Å². The highest BCUT2D eigenvalue weighted by atomic mass is 16.1. The number of anilines is 1. The molecule has 1 aromatic carbocycles. The second-order valence-corrected chi connectivity index (χ2v) is 4.14. The number of rotatable bonds is 2. The fourth-order valence-electron chi connectivity index (χ4n) is 1.86. The molecule has 0 fully saturated rings. The summed E-state index contributed by atoms with van der Waals surface area (Å²) < 4.78 is 0. The Kier molecular flexibility index (Phi) is 2.53. The number of nitrogens with one attached hydrogen (secondary N) is 2. The molecule has 0 saturated heterocycles. The maximum absolute atomic E-state index is 11.7. The molecule has 0 unspecified atom stereocenters. The minimum atomic E-state index is -0.333. The van der Waals surface area contributed by atoms with Crippen molar-refractivity contribution in [1.29, 1.82) is 0 Å². The summed E-state index contributed by atoms with van der Waals surface area (Å²) >= 11 is 0. The molecule has 0 saturated carbocycles. The average Bonchev–Trinajstić information content (AvgIpc) is 2.83. The molecule has 19 heavy (non-hydrogen) atoms. The molecule has 0 aliphatic rings. The minimum Gasteiger partial charge on any atom is -0.369 e. The summed E-state index contributed by atoms with van der Waals surface area (Å²) in [5.41, 5.74) is 13.2. The lowest BCUT2D eigenvalue weighted by molar-refractivity contribution is 1.07. The Morgan fingerprint density at radius 2 is 1.84 bits per heavy atom. The van der Waals surface area contributed by atoms with Crippen molar-refractivity contribution in [1.82, 2.24) is 19.9 Å². The molecule has 7 nitrogen and oxygen atoms in total. The van der Waals surface area contributed by atoms with Gasteiger partial charge in [0.15, 0.2) is 11.2 Å². The van der Waals surface area contributed by atoms with Gasteiger partial charge in [-0.2, -0.15) is 4.98 Å². The average molecular weight is 256 g/mol. The van der Waals surface area contributed by atoms with Crippen LogP contribution in [0.3, 0.4) is 0 Å². The highest BCUT2D eigenvalue weighted by Gasteiger charge is 2.09. The number of hydrogen-bond donors (Lipinski definition) is 4. The van der Waals surface area contributed by atoms with Crippen molar-refractivity contribution >= 4 is 17.1 Å². The van der Waals surface area contributed by atoms with Gasteiger partial charge in [0, 0.05) is 12.1 Å². The van der Waals surface area contributed by atoms with Crippen molar-refractivity contribution in [3.05, 3.63) is 40.2 Å². The van der Waals surface area contributed by atoms with Crippen molar-refractivity contribution in [2.24, 2.45) is 5.73 Å². The number of nitrogens with two attached hydrogens (primary N) is 2. The molecule has 0 radical (unpaired) electrons. The molecule has 0 aliphatic carbocycles. The van der Waals surface area contributed by atoms with Crippen molar-refractivity contribution in [2.75, 3.05) is 5.73 Å². The smallest absolute Gasteiger partial charge is 0.278 e. The Hall–Kier alpha value is -2.67. The Morgan fingerprint density at radius 3 is 2.53 bits per heavy atom. The summed E-state index contributed by atoms with van der Waals surface area (Å²) in [4.78, 5) is 25.3. The first-order chi connectivity index (χ1) is 9.17. The molecule has 0 amide bonds. The molecular formula is C12H12N6O. The van der Waals surface area contributed by atoms with Gasteiger partial charge in [-0.15, -0.1) is 0 Å². The number of nitrogen functional groups attached to an aromatic ring is 1. The Labute approximate surface area is 107 Å². The van der Waals surface area contributed by atoms with E-state index in [4.69, 9.17) is 11.5 Å². The number of nitrogens with zero attached hydrogens (tertiary/aromatic N) is 2. The van der Waals surface area contributed by atoms with Crippen molar-refractivity contribution in [2.45, 2.75) is 6.54 Å². The van der Waals surface area contributed by atoms with E-state index in [9.17, 15) is 4.79 Å². The molecule has 0 spiro atoms. The molecule has 2 heterocycles. The van der Waals surface area contributed by atoms with E-state index in [2.05, 4.69) is 19.9 Å². The molecule has 7 heteroatoms. The van der Waals surface area contributed by atoms with E-state index < -0.39 is 0 Å². The van der Waals surface area contributed by atoms with Crippen LogP contribution in [0.1, 0.15) is 5.56 Å². The van der Waals surface area contributed by atoms with Gasteiger partial charge in [0.05, 0.1) is 0 Å². The Balaban J connectivity index is 2.14. The first-order valence-corrected chi connectivity index (χ1v) is 5.72. The van der Waals surface area contributed by atoms with Crippen LogP contribution >= 0.6 is 0 Å². The van der Waals surface area contributed by atoms with Gasteiger partial charge in [-0.3, -0.25) is 9.78 Å². The number of aromatic nitrogens is 4. The van der Waals surface area contributed by atoms with Crippen LogP contribution in [0.2, 0.25) is 0 Å². The van der Waals surface area contributed by atoms with Gasteiger partial charge in [0.1, 0.15) is 5.82 Å². The van der Waals surface area contributed by atoms with Gasteiger partial charge in [-0.25, -0.2) is 4.98 Å². The second kappa shape index (κ2) is 4.21. The van der Waals surface area contributed by atoms with E-state index in [1.54, 1.807) is 0 Å². The fraction of sp³-hybridized carbons (Fsp3) is 0.0833. The van der Waals surface area contributed by atoms with Gasteiger partial charge in [0.2, 0.25) is 5.95 Å². The van der Waals surface area contributed by atoms with Crippen LogP contribution in [-0.4, -0.2) is 19.9 Å². The van der Waals surface area contributed by atoms with Crippen LogP contribution in [0.4, 0.5) is 5.95 Å². The maximum atomic E-state index is 11.7. The number of fused-ring (bicyclic) bond motifs is 1. The Bertz CT molecular complexity index is 786. The van der Waals surface area contributed by atoms with Crippen LogP contribution in [0.15, 0.2) is 29.1 Å². The highest BCUT2D eigenvalue weighted by Crippen LogP contribution is 2.18.